The van der Waals surface area contributed by atoms with Crippen LogP contribution in [0.15, 0.2) is 48.5 Å². The molecule has 0 heterocycles. The third kappa shape index (κ3) is 5.52. The molecule has 0 bridgehead atoms. The largest absolute Gasteiger partial charge is 0.301 e. The molecule has 1 amide bonds. The van der Waals surface area contributed by atoms with Crippen molar-refractivity contribution in [1.29, 1.82) is 0 Å². The summed E-state index contributed by atoms with van der Waals surface area (Å²) in [6, 6.07) is 13.6. The summed E-state index contributed by atoms with van der Waals surface area (Å²) >= 11 is 17.7. The molecule has 0 aromatic heterocycles. The van der Waals surface area contributed by atoms with Gasteiger partial charge in [-0.15, -0.1) is 0 Å². The summed E-state index contributed by atoms with van der Waals surface area (Å²) in [5, 5.41) is 1.26. The molecule has 24 heavy (non-hydrogen) atoms. The fourth-order valence-electron chi connectivity index (χ4n) is 2.24. The van der Waals surface area contributed by atoms with Crippen LogP contribution in [0.1, 0.15) is 17.5 Å². The fraction of sp³-hybridized carbons (Fsp3) is 0.222. The Hall–Kier alpha value is -1.55. The third-order valence-corrected chi connectivity index (χ3v) is 4.53. The highest BCUT2D eigenvalue weighted by Gasteiger charge is 2.22. The van der Waals surface area contributed by atoms with Gasteiger partial charge in [-0.1, -0.05) is 47.5 Å². The SMILES string of the molecule is O=CC(Cc1ccc(Cl)cc1)N(Cl)C(=O)CCc1ccc(Cl)cc1. The van der Waals surface area contributed by atoms with Crippen molar-refractivity contribution in [2.75, 3.05) is 0 Å². The quantitative estimate of drug-likeness (QED) is 0.512. The highest BCUT2D eigenvalue weighted by Crippen LogP contribution is 2.16. The van der Waals surface area contributed by atoms with E-state index in [-0.39, 0.29) is 12.3 Å². The lowest BCUT2D eigenvalue weighted by Crippen LogP contribution is -2.35. The average molecular weight is 385 g/mol. The number of benzene rings is 2. The molecule has 0 radical (unpaired) electrons. The van der Waals surface area contributed by atoms with Crippen molar-refractivity contribution >= 4 is 47.2 Å². The summed E-state index contributed by atoms with van der Waals surface area (Å²) in [5.41, 5.74) is 1.87. The van der Waals surface area contributed by atoms with E-state index >= 15 is 0 Å². The zero-order chi connectivity index (χ0) is 17.5. The van der Waals surface area contributed by atoms with Gasteiger partial charge in [0.1, 0.15) is 12.3 Å². The van der Waals surface area contributed by atoms with Crippen LogP contribution in [0.2, 0.25) is 10.0 Å². The lowest BCUT2D eigenvalue weighted by atomic mass is 10.1. The van der Waals surface area contributed by atoms with Crippen LogP contribution in [0, 0.1) is 0 Å². The fourth-order valence-corrected chi connectivity index (χ4v) is 2.69. The number of aryl methyl sites for hydroxylation is 1. The zero-order valence-electron chi connectivity index (χ0n) is 12.8. The molecule has 2 rings (SSSR count). The standard InChI is InChI=1S/C18H16Cl3NO2/c19-15-6-1-13(2-7-15)5-10-18(24)22(21)17(12-23)11-14-3-8-16(20)9-4-14/h1-4,6-9,12,17H,5,10-11H2. The van der Waals surface area contributed by atoms with E-state index in [1.165, 1.54) is 0 Å². The van der Waals surface area contributed by atoms with Crippen LogP contribution in [0.3, 0.4) is 0 Å². The predicted octanol–water partition coefficient (Wildman–Crippen LogP) is 4.72. The van der Waals surface area contributed by atoms with Crippen molar-refractivity contribution in [2.45, 2.75) is 25.3 Å². The molecule has 126 valence electrons. The first-order valence-corrected chi connectivity index (χ1v) is 8.51. The topological polar surface area (TPSA) is 37.4 Å². The number of rotatable bonds is 7. The molecule has 0 saturated carbocycles. The Labute approximate surface area is 156 Å². The third-order valence-electron chi connectivity index (χ3n) is 3.59. The molecule has 0 aliphatic carbocycles. The van der Waals surface area contributed by atoms with Crippen LogP contribution in [0.4, 0.5) is 0 Å². The van der Waals surface area contributed by atoms with E-state index in [1.54, 1.807) is 24.3 Å². The van der Waals surface area contributed by atoms with Crippen LogP contribution in [-0.2, 0) is 22.4 Å². The van der Waals surface area contributed by atoms with Gasteiger partial charge in [-0.05, 0) is 41.8 Å². The van der Waals surface area contributed by atoms with Crippen molar-refractivity contribution in [3.63, 3.8) is 0 Å². The van der Waals surface area contributed by atoms with Gasteiger partial charge in [0.15, 0.2) is 0 Å². The molecule has 0 N–H and O–H groups in total. The van der Waals surface area contributed by atoms with E-state index in [0.29, 0.717) is 29.2 Å². The monoisotopic (exact) mass is 383 g/mol. The van der Waals surface area contributed by atoms with Crippen LogP contribution < -0.4 is 0 Å². The first kappa shape index (κ1) is 18.8. The Morgan fingerprint density at radius 3 is 1.96 bits per heavy atom. The van der Waals surface area contributed by atoms with Crippen LogP contribution in [-0.4, -0.2) is 22.7 Å². The van der Waals surface area contributed by atoms with Gasteiger partial charge in [0.2, 0.25) is 5.91 Å². The number of carbonyl (C=O) groups excluding carboxylic acids is 2. The number of aldehydes is 1. The van der Waals surface area contributed by atoms with Gasteiger partial charge in [0, 0.05) is 34.7 Å². The van der Waals surface area contributed by atoms with Gasteiger partial charge >= 0.3 is 0 Å². The Morgan fingerprint density at radius 2 is 1.46 bits per heavy atom. The Kier molecular flexibility index (Phi) is 7.10. The molecule has 1 atom stereocenters. The van der Waals surface area contributed by atoms with Gasteiger partial charge < -0.3 is 4.79 Å². The molecule has 0 fully saturated rings. The first-order chi connectivity index (χ1) is 11.5. The smallest absolute Gasteiger partial charge is 0.237 e. The van der Waals surface area contributed by atoms with E-state index in [9.17, 15) is 9.59 Å². The van der Waals surface area contributed by atoms with E-state index in [1.807, 2.05) is 24.3 Å². The summed E-state index contributed by atoms with van der Waals surface area (Å²) in [4.78, 5) is 23.5. The van der Waals surface area contributed by atoms with Crippen molar-refractivity contribution in [3.05, 3.63) is 69.7 Å². The van der Waals surface area contributed by atoms with Gasteiger partial charge in [-0.25, -0.2) is 4.42 Å². The second-order valence-corrected chi connectivity index (χ2v) is 6.60. The van der Waals surface area contributed by atoms with Crippen molar-refractivity contribution < 1.29 is 9.59 Å². The van der Waals surface area contributed by atoms with Crippen LogP contribution in [0.25, 0.3) is 0 Å². The number of carbonyl (C=O) groups is 2. The Morgan fingerprint density at radius 1 is 0.958 bits per heavy atom. The summed E-state index contributed by atoms with van der Waals surface area (Å²) in [6.07, 6.45) is 1.78. The minimum Gasteiger partial charge on any atom is -0.301 e. The minimum absolute atomic E-state index is 0.218. The molecule has 0 spiro atoms. The average Bonchev–Trinajstić information content (AvgIpc) is 2.60. The van der Waals surface area contributed by atoms with E-state index in [0.717, 1.165) is 15.5 Å². The maximum atomic E-state index is 12.2. The zero-order valence-corrected chi connectivity index (χ0v) is 15.1. The molecule has 2 aromatic carbocycles. The summed E-state index contributed by atoms with van der Waals surface area (Å²) in [6.45, 7) is 0. The van der Waals surface area contributed by atoms with Crippen molar-refractivity contribution in [3.8, 4) is 0 Å². The number of halogens is 3. The number of nitrogens with zero attached hydrogens (tertiary/aromatic N) is 1. The second-order valence-electron chi connectivity index (χ2n) is 5.37. The van der Waals surface area contributed by atoms with Crippen LogP contribution in [0.5, 0.6) is 0 Å². The number of hydrogen-bond acceptors (Lipinski definition) is 2. The van der Waals surface area contributed by atoms with E-state index < -0.39 is 6.04 Å². The van der Waals surface area contributed by atoms with E-state index in [2.05, 4.69) is 0 Å². The maximum Gasteiger partial charge on any atom is 0.237 e. The van der Waals surface area contributed by atoms with Gasteiger partial charge in [-0.3, -0.25) is 4.79 Å². The molecule has 0 aliphatic rings. The molecule has 0 saturated heterocycles. The predicted molar refractivity (Wildman–Crippen MR) is 97.5 cm³/mol. The summed E-state index contributed by atoms with van der Waals surface area (Å²) < 4.78 is 0.984. The van der Waals surface area contributed by atoms with Crippen molar-refractivity contribution in [2.24, 2.45) is 0 Å². The number of amides is 1. The molecule has 6 heteroatoms. The maximum absolute atomic E-state index is 12.2. The number of hydrogen-bond donors (Lipinski definition) is 0. The van der Waals surface area contributed by atoms with Gasteiger partial charge in [0.05, 0.1) is 0 Å². The van der Waals surface area contributed by atoms with Gasteiger partial charge in [0.25, 0.3) is 0 Å². The Balaban J connectivity index is 1.92. The summed E-state index contributed by atoms with van der Waals surface area (Å²) in [5.74, 6) is -0.294. The van der Waals surface area contributed by atoms with Crippen molar-refractivity contribution in [1.82, 2.24) is 4.42 Å². The lowest BCUT2D eigenvalue weighted by Gasteiger charge is -2.21. The highest BCUT2D eigenvalue weighted by atomic mass is 35.5. The van der Waals surface area contributed by atoms with E-state index in [4.69, 9.17) is 35.0 Å². The van der Waals surface area contributed by atoms with Crippen LogP contribution >= 0.6 is 35.0 Å². The Bertz CT molecular complexity index is 686. The minimum atomic E-state index is -0.717. The summed E-state index contributed by atoms with van der Waals surface area (Å²) in [7, 11) is 0. The first-order valence-electron chi connectivity index (χ1n) is 7.41. The molecular formula is C18H16Cl3NO2. The molecule has 3 nitrogen and oxygen atoms in total. The lowest BCUT2D eigenvalue weighted by molar-refractivity contribution is -0.130. The highest BCUT2D eigenvalue weighted by molar-refractivity contribution is 6.30. The normalized spacial score (nSPS) is 11.8. The molecule has 0 aliphatic heterocycles. The van der Waals surface area contributed by atoms with Gasteiger partial charge in [-0.2, -0.15) is 0 Å². The molecule has 1 unspecified atom stereocenters. The molecule has 2 aromatic rings. The molecular weight excluding hydrogens is 369 g/mol. The second kappa shape index (κ2) is 9.07.